The second-order valence-electron chi connectivity index (χ2n) is 6.25. The molecule has 1 aromatic heterocycles. The summed E-state index contributed by atoms with van der Waals surface area (Å²) in [5.74, 6) is -0.243. The van der Waals surface area contributed by atoms with Crippen molar-refractivity contribution in [1.29, 1.82) is 0 Å². The standard InChI is InChI=1S/C21H17NO4/c23-20(19-10-9-18-17(21(24)25)11-12-22(18)19)14-5-4-8-16(13-14)26-15-6-2-1-3-7-15/h1-10,13,17H,11-12H2,(H,24,25). The number of carboxylic acid groups (broad SMARTS) is 1. The van der Waals surface area contributed by atoms with E-state index < -0.39 is 11.9 Å². The van der Waals surface area contributed by atoms with Crippen LogP contribution in [0.5, 0.6) is 11.5 Å². The molecule has 1 aliphatic heterocycles. The molecule has 130 valence electrons. The minimum absolute atomic E-state index is 0.138. The van der Waals surface area contributed by atoms with Gasteiger partial charge in [-0.25, -0.2) is 0 Å². The van der Waals surface area contributed by atoms with Crippen LogP contribution in [0.3, 0.4) is 0 Å². The van der Waals surface area contributed by atoms with Crippen LogP contribution in [0.2, 0.25) is 0 Å². The zero-order valence-electron chi connectivity index (χ0n) is 14.0. The molecule has 1 unspecified atom stereocenters. The Morgan fingerprint density at radius 2 is 1.73 bits per heavy atom. The summed E-state index contributed by atoms with van der Waals surface area (Å²) in [5, 5.41) is 9.29. The highest BCUT2D eigenvalue weighted by Gasteiger charge is 2.31. The third-order valence-electron chi connectivity index (χ3n) is 4.62. The Bertz CT molecular complexity index is 975. The molecule has 0 amide bonds. The molecular weight excluding hydrogens is 330 g/mol. The molecule has 4 rings (SSSR count). The van der Waals surface area contributed by atoms with Crippen molar-refractivity contribution in [3.63, 3.8) is 0 Å². The number of hydrogen-bond donors (Lipinski definition) is 1. The van der Waals surface area contributed by atoms with Crippen molar-refractivity contribution in [2.24, 2.45) is 0 Å². The lowest BCUT2D eigenvalue weighted by atomic mass is 10.1. The fourth-order valence-electron chi connectivity index (χ4n) is 3.36. The van der Waals surface area contributed by atoms with Gasteiger partial charge in [0.15, 0.2) is 0 Å². The van der Waals surface area contributed by atoms with Gasteiger partial charge in [0.2, 0.25) is 5.78 Å². The van der Waals surface area contributed by atoms with Crippen molar-refractivity contribution >= 4 is 11.8 Å². The highest BCUT2D eigenvalue weighted by atomic mass is 16.5. The van der Waals surface area contributed by atoms with Crippen LogP contribution in [0.25, 0.3) is 0 Å². The Morgan fingerprint density at radius 3 is 2.50 bits per heavy atom. The number of hydrogen-bond acceptors (Lipinski definition) is 3. The number of ether oxygens (including phenoxy) is 1. The van der Waals surface area contributed by atoms with E-state index in [1.54, 1.807) is 36.4 Å². The number of carbonyl (C=O) groups is 2. The summed E-state index contributed by atoms with van der Waals surface area (Å²) < 4.78 is 7.60. The van der Waals surface area contributed by atoms with Gasteiger partial charge in [0.05, 0.1) is 11.6 Å². The topological polar surface area (TPSA) is 68.5 Å². The molecular formula is C21H17NO4. The number of aromatic nitrogens is 1. The van der Waals surface area contributed by atoms with Crippen LogP contribution >= 0.6 is 0 Å². The monoisotopic (exact) mass is 347 g/mol. The Balaban J connectivity index is 1.61. The maximum absolute atomic E-state index is 12.9. The minimum atomic E-state index is -0.848. The first-order valence-corrected chi connectivity index (χ1v) is 8.43. The Labute approximate surface area is 150 Å². The quantitative estimate of drug-likeness (QED) is 0.706. The first kappa shape index (κ1) is 16.1. The number of ketones is 1. The van der Waals surface area contributed by atoms with Gasteiger partial charge in [0.1, 0.15) is 11.5 Å². The molecule has 0 spiro atoms. The lowest BCUT2D eigenvalue weighted by Crippen LogP contribution is -2.10. The molecule has 2 heterocycles. The van der Waals surface area contributed by atoms with Crippen LogP contribution in [0.15, 0.2) is 66.7 Å². The number of carbonyl (C=O) groups excluding carboxylic acids is 1. The predicted octanol–water partition coefficient (Wildman–Crippen LogP) is 4.08. The van der Waals surface area contributed by atoms with Crippen LogP contribution in [-0.2, 0) is 11.3 Å². The summed E-state index contributed by atoms with van der Waals surface area (Å²) in [6, 6.07) is 19.8. The highest BCUT2D eigenvalue weighted by Crippen LogP contribution is 2.32. The van der Waals surface area contributed by atoms with Crippen LogP contribution in [-0.4, -0.2) is 21.4 Å². The van der Waals surface area contributed by atoms with Gasteiger partial charge in [-0.3, -0.25) is 9.59 Å². The molecule has 0 saturated heterocycles. The summed E-state index contributed by atoms with van der Waals surface area (Å²) in [6.45, 7) is 0.542. The van der Waals surface area contributed by atoms with Crippen LogP contribution in [0, 0.1) is 0 Å². The number of aliphatic carboxylic acids is 1. The summed E-state index contributed by atoms with van der Waals surface area (Å²) in [6.07, 6.45) is 0.517. The molecule has 5 nitrogen and oxygen atoms in total. The third kappa shape index (κ3) is 2.88. The molecule has 3 aromatic rings. The van der Waals surface area contributed by atoms with Crippen molar-refractivity contribution in [2.75, 3.05) is 0 Å². The van der Waals surface area contributed by atoms with Crippen molar-refractivity contribution in [2.45, 2.75) is 18.9 Å². The van der Waals surface area contributed by atoms with Gasteiger partial charge < -0.3 is 14.4 Å². The third-order valence-corrected chi connectivity index (χ3v) is 4.62. The van der Waals surface area contributed by atoms with Crippen molar-refractivity contribution in [3.8, 4) is 11.5 Å². The SMILES string of the molecule is O=C(c1cccc(Oc2ccccc2)c1)c1ccc2n1CCC2C(=O)O. The lowest BCUT2D eigenvalue weighted by Gasteiger charge is -2.08. The second kappa shape index (κ2) is 6.52. The first-order valence-electron chi connectivity index (χ1n) is 8.43. The van der Waals surface area contributed by atoms with E-state index >= 15 is 0 Å². The van der Waals surface area contributed by atoms with E-state index in [2.05, 4.69) is 0 Å². The van der Waals surface area contributed by atoms with Crippen LogP contribution in [0.4, 0.5) is 0 Å². The van der Waals surface area contributed by atoms with Gasteiger partial charge in [-0.1, -0.05) is 30.3 Å². The van der Waals surface area contributed by atoms with Crippen molar-refractivity contribution in [3.05, 3.63) is 83.7 Å². The summed E-state index contributed by atoms with van der Waals surface area (Å²) in [4.78, 5) is 24.2. The summed E-state index contributed by atoms with van der Waals surface area (Å²) in [7, 11) is 0. The largest absolute Gasteiger partial charge is 0.481 e. The summed E-state index contributed by atoms with van der Waals surface area (Å²) in [5.41, 5.74) is 1.72. The molecule has 1 atom stereocenters. The molecule has 1 N–H and O–H groups in total. The molecule has 0 saturated carbocycles. The number of rotatable bonds is 5. The van der Waals surface area contributed by atoms with Gasteiger partial charge in [-0.15, -0.1) is 0 Å². The zero-order chi connectivity index (χ0) is 18.1. The first-order chi connectivity index (χ1) is 12.6. The molecule has 0 aliphatic carbocycles. The Hall–Kier alpha value is -3.34. The van der Waals surface area contributed by atoms with Crippen LogP contribution < -0.4 is 4.74 Å². The normalized spacial score (nSPS) is 15.5. The van der Waals surface area contributed by atoms with E-state index in [0.29, 0.717) is 41.4 Å². The van der Waals surface area contributed by atoms with Gasteiger partial charge >= 0.3 is 5.97 Å². The molecule has 26 heavy (non-hydrogen) atoms. The average Bonchev–Trinajstić information content (AvgIpc) is 3.24. The second-order valence-corrected chi connectivity index (χ2v) is 6.25. The fourth-order valence-corrected chi connectivity index (χ4v) is 3.36. The molecule has 1 aliphatic rings. The van der Waals surface area contributed by atoms with E-state index in [1.165, 1.54) is 0 Å². The van der Waals surface area contributed by atoms with Crippen LogP contribution in [0.1, 0.15) is 34.1 Å². The number of nitrogens with zero attached hydrogens (tertiary/aromatic N) is 1. The highest BCUT2D eigenvalue weighted by molar-refractivity contribution is 6.08. The van der Waals surface area contributed by atoms with E-state index in [-0.39, 0.29) is 5.78 Å². The number of carboxylic acids is 1. The van der Waals surface area contributed by atoms with Crippen molar-refractivity contribution in [1.82, 2.24) is 4.57 Å². The zero-order valence-corrected chi connectivity index (χ0v) is 14.0. The Morgan fingerprint density at radius 1 is 0.962 bits per heavy atom. The minimum Gasteiger partial charge on any atom is -0.481 e. The van der Waals surface area contributed by atoms with Gasteiger partial charge in [0, 0.05) is 17.8 Å². The fraction of sp³-hybridized carbons (Fsp3) is 0.143. The summed E-state index contributed by atoms with van der Waals surface area (Å²) >= 11 is 0. The van der Waals surface area contributed by atoms with E-state index in [4.69, 9.17) is 4.74 Å². The molecule has 0 radical (unpaired) electrons. The molecule has 0 fully saturated rings. The van der Waals surface area contributed by atoms with E-state index in [9.17, 15) is 14.7 Å². The lowest BCUT2D eigenvalue weighted by molar-refractivity contribution is -0.138. The average molecular weight is 347 g/mol. The van der Waals surface area contributed by atoms with E-state index in [0.717, 1.165) is 0 Å². The number of para-hydroxylation sites is 1. The Kier molecular flexibility index (Phi) is 4.05. The maximum atomic E-state index is 12.9. The molecule has 2 aromatic carbocycles. The maximum Gasteiger partial charge on any atom is 0.312 e. The number of fused-ring (bicyclic) bond motifs is 1. The van der Waals surface area contributed by atoms with Gasteiger partial charge in [-0.05, 0) is 42.8 Å². The number of benzene rings is 2. The molecule has 0 bridgehead atoms. The predicted molar refractivity (Wildman–Crippen MR) is 95.8 cm³/mol. The van der Waals surface area contributed by atoms with Gasteiger partial charge in [0.25, 0.3) is 0 Å². The van der Waals surface area contributed by atoms with Gasteiger partial charge in [-0.2, -0.15) is 0 Å². The smallest absolute Gasteiger partial charge is 0.312 e. The molecule has 5 heteroatoms. The van der Waals surface area contributed by atoms with Crippen molar-refractivity contribution < 1.29 is 19.4 Å². The van der Waals surface area contributed by atoms with E-state index in [1.807, 2.05) is 34.9 Å².